The number of carbonyl (C=O) groups excluding carboxylic acids is 1. The second-order valence-corrected chi connectivity index (χ2v) is 6.05. The Morgan fingerprint density at radius 2 is 1.89 bits per heavy atom. The van der Waals surface area contributed by atoms with E-state index < -0.39 is 0 Å². The first-order valence-electron chi connectivity index (χ1n) is 8.51. The van der Waals surface area contributed by atoms with Gasteiger partial charge in [-0.2, -0.15) is 0 Å². The number of benzene rings is 2. The van der Waals surface area contributed by atoms with Crippen molar-refractivity contribution in [3.63, 3.8) is 0 Å². The quantitative estimate of drug-likeness (QED) is 0.549. The second kappa shape index (κ2) is 7.28. The number of carbonyl (C=O) groups is 1. The van der Waals surface area contributed by atoms with E-state index in [1.165, 1.54) is 0 Å². The van der Waals surface area contributed by atoms with Gasteiger partial charge in [0.25, 0.3) is 5.91 Å². The van der Waals surface area contributed by atoms with Gasteiger partial charge in [-0.15, -0.1) is 10.2 Å². The van der Waals surface area contributed by atoms with Crippen LogP contribution in [0.15, 0.2) is 61.2 Å². The van der Waals surface area contributed by atoms with Crippen molar-refractivity contribution in [1.29, 1.82) is 0 Å². The van der Waals surface area contributed by atoms with Crippen LogP contribution in [0.3, 0.4) is 0 Å². The number of aromatic nitrogens is 5. The predicted molar refractivity (Wildman–Crippen MR) is 99.5 cm³/mol. The van der Waals surface area contributed by atoms with E-state index in [4.69, 9.17) is 4.74 Å². The maximum atomic E-state index is 12.3. The number of hydrogen-bond acceptors (Lipinski definition) is 5. The first kappa shape index (κ1) is 16.8. The highest BCUT2D eigenvalue weighted by molar-refractivity contribution is 5.78. The maximum absolute atomic E-state index is 12.3. The van der Waals surface area contributed by atoms with Crippen molar-refractivity contribution in [2.75, 3.05) is 6.61 Å². The van der Waals surface area contributed by atoms with Crippen LogP contribution < -0.4 is 10.1 Å². The largest absolute Gasteiger partial charge is 0.482 e. The molecule has 1 amide bonds. The molecule has 1 atom stereocenters. The van der Waals surface area contributed by atoms with Crippen molar-refractivity contribution >= 4 is 16.9 Å². The summed E-state index contributed by atoms with van der Waals surface area (Å²) in [6, 6.07) is 14.9. The highest BCUT2D eigenvalue weighted by Gasteiger charge is 2.14. The number of rotatable bonds is 6. The smallest absolute Gasteiger partial charge is 0.258 e. The molecule has 0 fully saturated rings. The van der Waals surface area contributed by atoms with E-state index >= 15 is 0 Å². The molecule has 2 aromatic heterocycles. The number of imidazole rings is 1. The van der Waals surface area contributed by atoms with Crippen molar-refractivity contribution in [1.82, 2.24) is 30.0 Å². The minimum atomic E-state index is -0.262. The third kappa shape index (κ3) is 3.64. The Morgan fingerprint density at radius 3 is 2.70 bits per heavy atom. The first-order chi connectivity index (χ1) is 13.2. The number of ether oxygens (including phenoxy) is 1. The van der Waals surface area contributed by atoms with Crippen molar-refractivity contribution in [3.8, 4) is 11.4 Å². The second-order valence-electron chi connectivity index (χ2n) is 6.05. The monoisotopic (exact) mass is 362 g/mol. The topological polar surface area (TPSA) is 97.7 Å². The van der Waals surface area contributed by atoms with Gasteiger partial charge in [-0.25, -0.2) is 4.98 Å². The highest BCUT2D eigenvalue weighted by Crippen LogP contribution is 2.22. The van der Waals surface area contributed by atoms with Crippen molar-refractivity contribution in [2.45, 2.75) is 13.0 Å². The summed E-state index contributed by atoms with van der Waals surface area (Å²) in [5, 5.41) is 10.5. The minimum absolute atomic E-state index is 0.107. The van der Waals surface area contributed by atoms with E-state index in [-0.39, 0.29) is 18.6 Å². The Bertz CT molecular complexity index is 1020. The molecule has 27 heavy (non-hydrogen) atoms. The molecule has 4 aromatic rings. The molecule has 0 radical (unpaired) electrons. The molecule has 8 heteroatoms. The number of nitrogens with one attached hydrogen (secondary N) is 2. The Balaban J connectivity index is 1.40. The van der Waals surface area contributed by atoms with Crippen molar-refractivity contribution < 1.29 is 9.53 Å². The number of para-hydroxylation sites is 4. The lowest BCUT2D eigenvalue weighted by atomic mass is 10.3. The molecule has 0 saturated carbocycles. The fourth-order valence-electron chi connectivity index (χ4n) is 2.79. The molecule has 2 heterocycles. The minimum Gasteiger partial charge on any atom is -0.482 e. The Hall–Kier alpha value is -3.68. The first-order valence-corrected chi connectivity index (χ1v) is 8.51. The summed E-state index contributed by atoms with van der Waals surface area (Å²) in [5.74, 6) is 1.04. The third-order valence-electron chi connectivity index (χ3n) is 4.12. The fourth-order valence-corrected chi connectivity index (χ4v) is 2.79. The summed E-state index contributed by atoms with van der Waals surface area (Å²) >= 11 is 0. The molecule has 136 valence electrons. The molecule has 2 N–H and O–H groups in total. The molecule has 1 unspecified atom stereocenters. The summed E-state index contributed by atoms with van der Waals surface area (Å²) < 4.78 is 7.43. The fraction of sp³-hybridized carbons (Fsp3) is 0.158. The summed E-state index contributed by atoms with van der Waals surface area (Å²) in [6.45, 7) is 1.77. The lowest BCUT2D eigenvalue weighted by molar-refractivity contribution is -0.123. The summed E-state index contributed by atoms with van der Waals surface area (Å²) in [4.78, 5) is 20.0. The van der Waals surface area contributed by atoms with E-state index in [2.05, 4.69) is 25.5 Å². The molecular formula is C19H18N6O2. The van der Waals surface area contributed by atoms with Gasteiger partial charge in [0.15, 0.2) is 6.61 Å². The number of nitrogens with zero attached hydrogens (tertiary/aromatic N) is 4. The molecule has 8 nitrogen and oxygen atoms in total. The van der Waals surface area contributed by atoms with Crippen molar-refractivity contribution in [2.24, 2.45) is 0 Å². The predicted octanol–water partition coefficient (Wildman–Crippen LogP) is 2.40. The Morgan fingerprint density at radius 1 is 1.15 bits per heavy atom. The van der Waals surface area contributed by atoms with Gasteiger partial charge in [-0.3, -0.25) is 9.36 Å². The number of fused-ring (bicyclic) bond motifs is 1. The van der Waals surface area contributed by atoms with E-state index in [9.17, 15) is 4.79 Å². The van der Waals surface area contributed by atoms with Gasteiger partial charge in [-0.1, -0.05) is 24.3 Å². The van der Waals surface area contributed by atoms with E-state index in [0.29, 0.717) is 11.6 Å². The molecular weight excluding hydrogens is 344 g/mol. The van der Waals surface area contributed by atoms with Gasteiger partial charge in [-0.05, 0) is 31.2 Å². The lowest BCUT2D eigenvalue weighted by Crippen LogP contribution is -2.31. The molecule has 0 spiro atoms. The van der Waals surface area contributed by atoms with Gasteiger partial charge in [0.1, 0.15) is 24.2 Å². The van der Waals surface area contributed by atoms with E-state index in [1.54, 1.807) is 23.3 Å². The van der Waals surface area contributed by atoms with Crippen LogP contribution in [-0.4, -0.2) is 37.2 Å². The molecule has 0 aliphatic heterocycles. The number of H-pyrrole nitrogens is 1. The zero-order valence-electron chi connectivity index (χ0n) is 14.7. The standard InChI is InChI=1S/C19H18N6O2/c1-13(19-23-14-6-2-3-7-15(14)24-19)22-18(26)10-27-17-9-5-4-8-16(17)25-11-20-21-12-25/h2-9,11-13H,10H2,1H3,(H,22,26)(H,23,24). The average Bonchev–Trinajstić information content (AvgIpc) is 3.36. The zero-order chi connectivity index (χ0) is 18.6. The third-order valence-corrected chi connectivity index (χ3v) is 4.12. The Labute approximate surface area is 155 Å². The van der Waals surface area contributed by atoms with Crippen LogP contribution in [0.5, 0.6) is 5.75 Å². The van der Waals surface area contributed by atoms with Crippen LogP contribution in [0.1, 0.15) is 18.8 Å². The van der Waals surface area contributed by atoms with E-state index in [0.717, 1.165) is 16.7 Å². The van der Waals surface area contributed by atoms with Gasteiger partial charge in [0.05, 0.1) is 22.8 Å². The molecule has 0 aliphatic rings. The number of hydrogen-bond donors (Lipinski definition) is 2. The summed E-state index contributed by atoms with van der Waals surface area (Å²) in [6.07, 6.45) is 3.15. The normalized spacial score (nSPS) is 12.0. The van der Waals surface area contributed by atoms with Crippen LogP contribution in [0.25, 0.3) is 16.7 Å². The van der Waals surface area contributed by atoms with E-state index in [1.807, 2.05) is 49.4 Å². The highest BCUT2D eigenvalue weighted by atomic mass is 16.5. The maximum Gasteiger partial charge on any atom is 0.258 e. The lowest BCUT2D eigenvalue weighted by Gasteiger charge is -2.14. The van der Waals surface area contributed by atoms with Crippen LogP contribution in [-0.2, 0) is 4.79 Å². The van der Waals surface area contributed by atoms with Gasteiger partial charge >= 0.3 is 0 Å². The van der Waals surface area contributed by atoms with Crippen LogP contribution in [0, 0.1) is 0 Å². The van der Waals surface area contributed by atoms with Crippen molar-refractivity contribution in [3.05, 3.63) is 67.0 Å². The summed E-state index contributed by atoms with van der Waals surface area (Å²) in [5.41, 5.74) is 2.57. The number of aromatic amines is 1. The molecule has 0 aliphatic carbocycles. The molecule has 4 rings (SSSR count). The number of amides is 1. The summed E-state index contributed by atoms with van der Waals surface area (Å²) in [7, 11) is 0. The van der Waals surface area contributed by atoms with Gasteiger partial charge < -0.3 is 15.0 Å². The molecule has 2 aromatic carbocycles. The zero-order valence-corrected chi connectivity index (χ0v) is 14.7. The van der Waals surface area contributed by atoms with Gasteiger partial charge in [0.2, 0.25) is 0 Å². The molecule has 0 bridgehead atoms. The van der Waals surface area contributed by atoms with Crippen LogP contribution in [0.2, 0.25) is 0 Å². The van der Waals surface area contributed by atoms with Crippen LogP contribution in [0.4, 0.5) is 0 Å². The SMILES string of the molecule is CC(NC(=O)COc1ccccc1-n1cnnc1)c1nc2ccccc2[nH]1. The van der Waals surface area contributed by atoms with Gasteiger partial charge in [0, 0.05) is 0 Å². The average molecular weight is 362 g/mol. The molecule has 0 saturated heterocycles. The van der Waals surface area contributed by atoms with Crippen LogP contribution >= 0.6 is 0 Å². The Kier molecular flexibility index (Phi) is 4.52.